The Morgan fingerprint density at radius 1 is 1.00 bits per heavy atom. The molecule has 24 heavy (non-hydrogen) atoms. The van der Waals surface area contributed by atoms with Crippen LogP contribution in [0.15, 0.2) is 60.7 Å². The van der Waals surface area contributed by atoms with Crippen molar-refractivity contribution in [3.05, 3.63) is 71.8 Å². The normalized spacial score (nSPS) is 12.6. The van der Waals surface area contributed by atoms with Gasteiger partial charge < -0.3 is 4.90 Å². The zero-order valence-electron chi connectivity index (χ0n) is 14.1. The zero-order valence-corrected chi connectivity index (χ0v) is 14.9. The summed E-state index contributed by atoms with van der Waals surface area (Å²) in [5.74, 6) is 0.0365. The lowest BCUT2D eigenvalue weighted by molar-refractivity contribution is 0.0785. The summed E-state index contributed by atoms with van der Waals surface area (Å²) in [5.41, 5.74) is 1.68. The molecule has 5 heteroatoms. The Morgan fingerprint density at radius 2 is 1.54 bits per heavy atom. The molecule has 0 saturated heterocycles. The number of likely N-dealkylation sites (N-methyl/N-ethyl adjacent to an activating group) is 1. The van der Waals surface area contributed by atoms with Crippen molar-refractivity contribution >= 4 is 15.7 Å². The number of carbonyl (C=O) groups is 1. The fraction of sp³-hybridized carbons (Fsp3) is 0.316. The third-order valence-electron chi connectivity index (χ3n) is 3.97. The maximum Gasteiger partial charge on any atom is 0.253 e. The van der Waals surface area contributed by atoms with Crippen LogP contribution in [0, 0.1) is 0 Å². The molecule has 0 saturated carbocycles. The molecule has 2 aromatic carbocycles. The van der Waals surface area contributed by atoms with E-state index in [9.17, 15) is 13.2 Å². The largest absolute Gasteiger partial charge is 0.341 e. The highest BCUT2D eigenvalue weighted by Crippen LogP contribution is 2.22. The van der Waals surface area contributed by atoms with Gasteiger partial charge in [-0.1, -0.05) is 48.5 Å². The monoisotopic (exact) mass is 345 g/mol. The van der Waals surface area contributed by atoms with E-state index in [1.807, 2.05) is 48.5 Å². The van der Waals surface area contributed by atoms with Gasteiger partial charge in [-0.3, -0.25) is 4.79 Å². The summed E-state index contributed by atoms with van der Waals surface area (Å²) in [6, 6.07) is 18.9. The summed E-state index contributed by atoms with van der Waals surface area (Å²) in [7, 11) is -1.28. The molecular formula is C19H23NO3S. The van der Waals surface area contributed by atoms with Crippen molar-refractivity contribution in [3.8, 4) is 0 Å². The van der Waals surface area contributed by atoms with Gasteiger partial charge in [-0.05, 0) is 24.1 Å². The van der Waals surface area contributed by atoms with E-state index in [1.54, 1.807) is 24.1 Å². The van der Waals surface area contributed by atoms with Gasteiger partial charge in [0.1, 0.15) is 9.84 Å². The minimum absolute atomic E-state index is 0.0152. The Hall–Kier alpha value is -2.14. The van der Waals surface area contributed by atoms with Crippen LogP contribution in [-0.2, 0) is 9.84 Å². The molecule has 0 aromatic heterocycles. The second-order valence-corrected chi connectivity index (χ2v) is 8.34. The van der Waals surface area contributed by atoms with Crippen molar-refractivity contribution in [2.24, 2.45) is 0 Å². The molecule has 0 heterocycles. The summed E-state index contributed by atoms with van der Waals surface area (Å²) < 4.78 is 23.1. The van der Waals surface area contributed by atoms with E-state index in [2.05, 4.69) is 0 Å². The van der Waals surface area contributed by atoms with Crippen LogP contribution in [0.1, 0.15) is 28.3 Å². The highest BCUT2D eigenvalue weighted by atomic mass is 32.2. The topological polar surface area (TPSA) is 54.5 Å². The summed E-state index contributed by atoms with van der Waals surface area (Å²) in [5, 5.41) is 0. The summed E-state index contributed by atoms with van der Waals surface area (Å²) in [6.45, 7) is 0.479. The molecule has 1 amide bonds. The van der Waals surface area contributed by atoms with Crippen LogP contribution in [0.3, 0.4) is 0 Å². The van der Waals surface area contributed by atoms with Gasteiger partial charge in [0.2, 0.25) is 0 Å². The molecule has 4 nitrogen and oxygen atoms in total. The van der Waals surface area contributed by atoms with Crippen LogP contribution >= 0.6 is 0 Å². The molecule has 0 N–H and O–H groups in total. The Labute approximate surface area is 144 Å². The first-order valence-corrected chi connectivity index (χ1v) is 9.96. The predicted octanol–water partition coefficient (Wildman–Crippen LogP) is 2.98. The van der Waals surface area contributed by atoms with E-state index in [-0.39, 0.29) is 17.6 Å². The number of carbonyl (C=O) groups excluding carboxylic acids is 1. The number of rotatable bonds is 7. The van der Waals surface area contributed by atoms with Crippen LogP contribution in [-0.4, -0.2) is 44.8 Å². The molecule has 0 aliphatic rings. The smallest absolute Gasteiger partial charge is 0.253 e. The molecule has 0 bridgehead atoms. The molecule has 0 radical (unpaired) electrons. The zero-order chi connectivity index (χ0) is 17.6. The summed E-state index contributed by atoms with van der Waals surface area (Å²) >= 11 is 0. The van der Waals surface area contributed by atoms with Crippen molar-refractivity contribution < 1.29 is 13.2 Å². The highest BCUT2D eigenvalue weighted by molar-refractivity contribution is 7.90. The molecule has 1 unspecified atom stereocenters. The number of hydrogen-bond donors (Lipinski definition) is 0. The first-order chi connectivity index (χ1) is 11.4. The van der Waals surface area contributed by atoms with E-state index in [4.69, 9.17) is 0 Å². The number of sulfone groups is 1. The number of benzene rings is 2. The SMILES string of the molecule is CN(CC(CCS(C)(=O)=O)c1ccccc1)C(=O)c1ccccc1. The summed E-state index contributed by atoms with van der Waals surface area (Å²) in [6.07, 6.45) is 1.74. The average Bonchev–Trinajstić information content (AvgIpc) is 2.58. The van der Waals surface area contributed by atoms with Gasteiger partial charge in [0.05, 0.1) is 5.75 Å². The molecule has 2 aromatic rings. The predicted molar refractivity (Wildman–Crippen MR) is 96.9 cm³/mol. The molecular weight excluding hydrogens is 322 g/mol. The molecule has 128 valence electrons. The van der Waals surface area contributed by atoms with Crippen molar-refractivity contribution in [3.63, 3.8) is 0 Å². The lowest BCUT2D eigenvalue weighted by Gasteiger charge is -2.24. The number of hydrogen-bond acceptors (Lipinski definition) is 3. The van der Waals surface area contributed by atoms with Crippen LogP contribution in [0.25, 0.3) is 0 Å². The van der Waals surface area contributed by atoms with E-state index in [0.717, 1.165) is 5.56 Å². The molecule has 1 atom stereocenters. The Kier molecular flexibility index (Phi) is 6.15. The quantitative estimate of drug-likeness (QED) is 0.775. The number of nitrogens with zero attached hydrogens (tertiary/aromatic N) is 1. The van der Waals surface area contributed by atoms with Gasteiger partial charge in [-0.2, -0.15) is 0 Å². The molecule has 0 spiro atoms. The Balaban J connectivity index is 2.14. The van der Waals surface area contributed by atoms with Crippen molar-refractivity contribution in [1.82, 2.24) is 4.90 Å². The maximum atomic E-state index is 12.5. The second kappa shape index (κ2) is 8.11. The van der Waals surface area contributed by atoms with E-state index in [0.29, 0.717) is 18.5 Å². The molecule has 2 rings (SSSR count). The summed E-state index contributed by atoms with van der Waals surface area (Å²) in [4.78, 5) is 14.2. The molecule has 0 fully saturated rings. The van der Waals surface area contributed by atoms with Gasteiger partial charge in [-0.25, -0.2) is 8.42 Å². The van der Waals surface area contributed by atoms with Gasteiger partial charge in [-0.15, -0.1) is 0 Å². The lowest BCUT2D eigenvalue weighted by Crippen LogP contribution is -2.31. The highest BCUT2D eigenvalue weighted by Gasteiger charge is 2.20. The average molecular weight is 345 g/mol. The third kappa shape index (κ3) is 5.49. The lowest BCUT2D eigenvalue weighted by atomic mass is 9.96. The van der Waals surface area contributed by atoms with Gasteiger partial charge in [0.15, 0.2) is 0 Å². The maximum absolute atomic E-state index is 12.5. The van der Waals surface area contributed by atoms with Crippen molar-refractivity contribution in [1.29, 1.82) is 0 Å². The van der Waals surface area contributed by atoms with Crippen molar-refractivity contribution in [2.45, 2.75) is 12.3 Å². The Bertz CT molecular complexity index is 758. The van der Waals surface area contributed by atoms with Crippen LogP contribution < -0.4 is 0 Å². The standard InChI is InChI=1S/C19H23NO3S/c1-20(19(21)17-11-7-4-8-12-17)15-18(13-14-24(2,22)23)16-9-5-3-6-10-16/h3-12,18H,13-15H2,1-2H3. The number of amides is 1. The first kappa shape index (κ1) is 18.2. The molecule has 0 aliphatic carbocycles. The first-order valence-electron chi connectivity index (χ1n) is 7.90. The van der Waals surface area contributed by atoms with E-state index in [1.165, 1.54) is 6.26 Å². The Morgan fingerprint density at radius 3 is 2.08 bits per heavy atom. The second-order valence-electron chi connectivity index (χ2n) is 6.08. The minimum Gasteiger partial charge on any atom is -0.341 e. The van der Waals surface area contributed by atoms with E-state index >= 15 is 0 Å². The third-order valence-corrected chi connectivity index (χ3v) is 4.95. The molecule has 0 aliphatic heterocycles. The van der Waals surface area contributed by atoms with Gasteiger partial charge >= 0.3 is 0 Å². The van der Waals surface area contributed by atoms with E-state index < -0.39 is 9.84 Å². The van der Waals surface area contributed by atoms with Gasteiger partial charge in [0.25, 0.3) is 5.91 Å². The van der Waals surface area contributed by atoms with Crippen LogP contribution in [0.4, 0.5) is 0 Å². The van der Waals surface area contributed by atoms with Crippen LogP contribution in [0.2, 0.25) is 0 Å². The van der Waals surface area contributed by atoms with Gasteiger partial charge in [0, 0.05) is 31.3 Å². The minimum atomic E-state index is -3.04. The fourth-order valence-electron chi connectivity index (χ4n) is 2.66. The van der Waals surface area contributed by atoms with Crippen LogP contribution in [0.5, 0.6) is 0 Å². The van der Waals surface area contributed by atoms with Crippen molar-refractivity contribution in [2.75, 3.05) is 25.6 Å². The fourth-order valence-corrected chi connectivity index (χ4v) is 3.37.